The van der Waals surface area contributed by atoms with Gasteiger partial charge in [-0.05, 0) is 48.6 Å². The van der Waals surface area contributed by atoms with Crippen LogP contribution in [0.2, 0.25) is 0 Å². The fraction of sp³-hybridized carbons (Fsp3) is 0.476. The van der Waals surface area contributed by atoms with Gasteiger partial charge >= 0.3 is 5.97 Å². The molecule has 0 bridgehead atoms. The van der Waals surface area contributed by atoms with Crippen LogP contribution in [-0.4, -0.2) is 47.3 Å². The zero-order valence-electron chi connectivity index (χ0n) is 14.9. The van der Waals surface area contributed by atoms with Gasteiger partial charge in [0.2, 0.25) is 0 Å². The number of unbranched alkanes of at least 4 members (excludes halogenated alkanes) is 2. The zero-order chi connectivity index (χ0) is 17.9. The fourth-order valence-electron chi connectivity index (χ4n) is 3.21. The highest BCUT2D eigenvalue weighted by molar-refractivity contribution is 5.85. The van der Waals surface area contributed by atoms with Gasteiger partial charge in [-0.2, -0.15) is 0 Å². The molecule has 0 aromatic heterocycles. The summed E-state index contributed by atoms with van der Waals surface area (Å²) in [6.07, 6.45) is 4.72. The quantitative estimate of drug-likeness (QED) is 0.577. The number of hydrogen-bond acceptors (Lipinski definition) is 3. The summed E-state index contributed by atoms with van der Waals surface area (Å²) in [7, 11) is 0. The Morgan fingerprint density at radius 2 is 1.64 bits per heavy atom. The number of carboxylic acids is 1. The lowest BCUT2D eigenvalue weighted by Crippen LogP contribution is -2.29. The average molecular weight is 343 g/mol. The van der Waals surface area contributed by atoms with Gasteiger partial charge in [-0.25, -0.2) is 0 Å². The maximum atomic E-state index is 10.6. The van der Waals surface area contributed by atoms with Crippen LogP contribution in [0.5, 0.6) is 0 Å². The Bertz CT molecular complexity index is 651. The molecule has 0 atom stereocenters. The predicted molar refractivity (Wildman–Crippen MR) is 102 cm³/mol. The lowest BCUT2D eigenvalue weighted by atomic mass is 10.0. The number of aliphatic hydroxyl groups is 1. The van der Waals surface area contributed by atoms with Crippen LogP contribution in [0.1, 0.15) is 37.7 Å². The van der Waals surface area contributed by atoms with Crippen molar-refractivity contribution in [3.63, 3.8) is 0 Å². The van der Waals surface area contributed by atoms with Crippen molar-refractivity contribution < 1.29 is 15.0 Å². The van der Waals surface area contributed by atoms with E-state index in [9.17, 15) is 4.79 Å². The Kier molecular flexibility index (Phi) is 8.43. The number of aliphatic carboxylic acids is 1. The Balaban J connectivity index is 1.86. The zero-order valence-corrected chi connectivity index (χ0v) is 14.9. The lowest BCUT2D eigenvalue weighted by Gasteiger charge is -2.22. The summed E-state index contributed by atoms with van der Waals surface area (Å²) in [4.78, 5) is 13.0. The monoisotopic (exact) mass is 343 g/mol. The molecule has 0 saturated heterocycles. The third kappa shape index (κ3) is 6.85. The van der Waals surface area contributed by atoms with Gasteiger partial charge in [-0.3, -0.25) is 4.79 Å². The van der Waals surface area contributed by atoms with Crippen molar-refractivity contribution in [2.45, 2.75) is 38.5 Å². The highest BCUT2D eigenvalue weighted by Crippen LogP contribution is 2.19. The standard InChI is InChI=1S/C21H29NO3/c23-17-7-15-22(14-5-1-2-12-21(24)25)16-13-19-10-6-9-18-8-3-4-11-20(18)19/h3-4,6,8-11,23H,1-2,5,7,12-17H2,(H,24,25). The number of nitrogens with zero attached hydrogens (tertiary/aromatic N) is 1. The van der Waals surface area contributed by atoms with Crippen molar-refractivity contribution in [2.24, 2.45) is 0 Å². The van der Waals surface area contributed by atoms with Gasteiger partial charge in [-0.15, -0.1) is 0 Å². The van der Waals surface area contributed by atoms with Gasteiger partial charge in [0.15, 0.2) is 0 Å². The van der Waals surface area contributed by atoms with Crippen molar-refractivity contribution in [2.75, 3.05) is 26.2 Å². The largest absolute Gasteiger partial charge is 0.481 e. The van der Waals surface area contributed by atoms with Gasteiger partial charge in [-0.1, -0.05) is 48.9 Å². The minimum absolute atomic E-state index is 0.212. The van der Waals surface area contributed by atoms with Gasteiger partial charge in [0.05, 0.1) is 0 Å². The molecule has 0 aliphatic carbocycles. The van der Waals surface area contributed by atoms with E-state index in [0.29, 0.717) is 0 Å². The first-order valence-corrected chi connectivity index (χ1v) is 9.22. The maximum Gasteiger partial charge on any atom is 0.303 e. The molecular weight excluding hydrogens is 314 g/mol. The molecule has 0 aliphatic heterocycles. The van der Waals surface area contributed by atoms with E-state index in [1.54, 1.807) is 0 Å². The third-order valence-corrected chi connectivity index (χ3v) is 4.57. The van der Waals surface area contributed by atoms with Crippen LogP contribution in [0.3, 0.4) is 0 Å². The molecule has 2 aromatic rings. The molecule has 0 spiro atoms. The summed E-state index contributed by atoms with van der Waals surface area (Å²) in [6, 6.07) is 14.9. The van der Waals surface area contributed by atoms with Crippen molar-refractivity contribution in [1.82, 2.24) is 4.90 Å². The molecule has 2 N–H and O–H groups in total. The van der Waals surface area contributed by atoms with Crippen LogP contribution in [0.25, 0.3) is 10.8 Å². The molecule has 2 rings (SSSR count). The molecule has 136 valence electrons. The Labute approximate surface area is 150 Å². The summed E-state index contributed by atoms with van der Waals surface area (Å²) < 4.78 is 0. The fourth-order valence-corrected chi connectivity index (χ4v) is 3.21. The van der Waals surface area contributed by atoms with E-state index in [4.69, 9.17) is 10.2 Å². The number of carbonyl (C=O) groups is 1. The van der Waals surface area contributed by atoms with E-state index in [0.717, 1.165) is 51.7 Å². The molecule has 4 heteroatoms. The highest BCUT2D eigenvalue weighted by atomic mass is 16.4. The molecule has 0 heterocycles. The van der Waals surface area contributed by atoms with Gasteiger partial charge in [0, 0.05) is 26.1 Å². The summed E-state index contributed by atoms with van der Waals surface area (Å²) in [5, 5.41) is 20.4. The summed E-state index contributed by atoms with van der Waals surface area (Å²) in [5.41, 5.74) is 1.36. The van der Waals surface area contributed by atoms with E-state index in [1.807, 2.05) is 0 Å². The lowest BCUT2D eigenvalue weighted by molar-refractivity contribution is -0.137. The SMILES string of the molecule is O=C(O)CCCCCN(CCCO)CCc1cccc2ccccc12. The summed E-state index contributed by atoms with van der Waals surface area (Å²) in [6.45, 7) is 3.03. The van der Waals surface area contributed by atoms with Gasteiger partial charge < -0.3 is 15.1 Å². The molecule has 0 fully saturated rings. The molecule has 0 saturated carbocycles. The van der Waals surface area contributed by atoms with E-state index in [2.05, 4.69) is 47.4 Å². The van der Waals surface area contributed by atoms with Crippen LogP contribution in [-0.2, 0) is 11.2 Å². The molecule has 0 unspecified atom stereocenters. The third-order valence-electron chi connectivity index (χ3n) is 4.57. The molecule has 25 heavy (non-hydrogen) atoms. The second-order valence-corrected chi connectivity index (χ2v) is 6.51. The number of hydrogen-bond donors (Lipinski definition) is 2. The van der Waals surface area contributed by atoms with E-state index >= 15 is 0 Å². The van der Waals surface area contributed by atoms with Gasteiger partial charge in [0.1, 0.15) is 0 Å². The smallest absolute Gasteiger partial charge is 0.303 e. The number of benzene rings is 2. The first kappa shape index (κ1) is 19.4. The van der Waals surface area contributed by atoms with E-state index in [-0.39, 0.29) is 13.0 Å². The predicted octanol–water partition coefficient (Wildman–Crippen LogP) is 3.71. The summed E-state index contributed by atoms with van der Waals surface area (Å²) >= 11 is 0. The van der Waals surface area contributed by atoms with E-state index < -0.39 is 5.97 Å². The molecule has 0 radical (unpaired) electrons. The molecule has 0 aliphatic rings. The Morgan fingerprint density at radius 1 is 0.880 bits per heavy atom. The Hall–Kier alpha value is -1.91. The number of aliphatic hydroxyl groups excluding tert-OH is 1. The molecular formula is C21H29NO3. The maximum absolute atomic E-state index is 10.6. The number of fused-ring (bicyclic) bond motifs is 1. The summed E-state index contributed by atoms with van der Waals surface area (Å²) in [5.74, 6) is -0.715. The van der Waals surface area contributed by atoms with Crippen molar-refractivity contribution >= 4 is 16.7 Å². The molecule has 4 nitrogen and oxygen atoms in total. The van der Waals surface area contributed by atoms with Crippen LogP contribution in [0, 0.1) is 0 Å². The van der Waals surface area contributed by atoms with Crippen molar-refractivity contribution in [1.29, 1.82) is 0 Å². The first-order chi connectivity index (χ1) is 12.2. The number of carboxylic acid groups (broad SMARTS) is 1. The Morgan fingerprint density at radius 3 is 2.44 bits per heavy atom. The second-order valence-electron chi connectivity index (χ2n) is 6.51. The van der Waals surface area contributed by atoms with Crippen LogP contribution < -0.4 is 0 Å². The van der Waals surface area contributed by atoms with Crippen LogP contribution in [0.15, 0.2) is 42.5 Å². The molecule has 0 amide bonds. The van der Waals surface area contributed by atoms with Crippen molar-refractivity contribution in [3.05, 3.63) is 48.0 Å². The van der Waals surface area contributed by atoms with Gasteiger partial charge in [0.25, 0.3) is 0 Å². The average Bonchev–Trinajstić information content (AvgIpc) is 2.62. The number of rotatable bonds is 12. The highest BCUT2D eigenvalue weighted by Gasteiger charge is 2.07. The minimum atomic E-state index is -0.715. The normalized spacial score (nSPS) is 11.3. The minimum Gasteiger partial charge on any atom is -0.481 e. The second kappa shape index (κ2) is 10.9. The van der Waals surface area contributed by atoms with Crippen LogP contribution in [0.4, 0.5) is 0 Å². The van der Waals surface area contributed by atoms with Crippen LogP contribution >= 0.6 is 0 Å². The van der Waals surface area contributed by atoms with Crippen molar-refractivity contribution in [3.8, 4) is 0 Å². The first-order valence-electron chi connectivity index (χ1n) is 9.22. The molecule has 2 aromatic carbocycles. The topological polar surface area (TPSA) is 60.8 Å². The van der Waals surface area contributed by atoms with E-state index in [1.165, 1.54) is 16.3 Å².